The minimum absolute atomic E-state index is 0.00559. The van der Waals surface area contributed by atoms with Crippen molar-refractivity contribution in [2.45, 2.75) is 44.6 Å². The first kappa shape index (κ1) is 26.7. The molecule has 37 heavy (non-hydrogen) atoms. The summed E-state index contributed by atoms with van der Waals surface area (Å²) >= 11 is 0.670. The third-order valence-corrected chi connectivity index (χ3v) is 7.95. The van der Waals surface area contributed by atoms with E-state index in [-0.39, 0.29) is 31.1 Å². The summed E-state index contributed by atoms with van der Waals surface area (Å²) in [6.45, 7) is 0.481. The van der Waals surface area contributed by atoms with Gasteiger partial charge >= 0.3 is 18.1 Å². The smallest absolute Gasteiger partial charge is 0.426 e. The van der Waals surface area contributed by atoms with Crippen LogP contribution in [0.25, 0.3) is 11.1 Å². The molecule has 0 bridgehead atoms. The number of alkyl halides is 3. The minimum atomic E-state index is -4.46. The van der Waals surface area contributed by atoms with Crippen molar-refractivity contribution < 1.29 is 37.7 Å². The molecule has 1 aliphatic rings. The number of carboxylic acids is 2. The van der Waals surface area contributed by atoms with Crippen LogP contribution in [0.4, 0.5) is 13.2 Å². The van der Waals surface area contributed by atoms with Crippen LogP contribution in [0.5, 0.6) is 5.75 Å². The van der Waals surface area contributed by atoms with E-state index in [1.807, 2.05) is 24.1 Å². The van der Waals surface area contributed by atoms with Crippen LogP contribution in [0, 0.1) is 5.41 Å². The maximum Gasteiger partial charge on any atom is 0.426 e. The summed E-state index contributed by atoms with van der Waals surface area (Å²) in [4.78, 5) is 24.9. The van der Waals surface area contributed by atoms with Crippen LogP contribution in [-0.2, 0) is 28.9 Å². The highest BCUT2D eigenvalue weighted by molar-refractivity contribution is 7.12. The minimum Gasteiger partial charge on any atom is -0.488 e. The topological polar surface area (TPSA) is 87.1 Å². The van der Waals surface area contributed by atoms with Gasteiger partial charge in [-0.15, -0.1) is 11.3 Å². The van der Waals surface area contributed by atoms with E-state index >= 15 is 0 Å². The zero-order valence-corrected chi connectivity index (χ0v) is 20.8. The Morgan fingerprint density at radius 1 is 1.08 bits per heavy atom. The third kappa shape index (κ3) is 5.80. The average molecular weight is 534 g/mol. The van der Waals surface area contributed by atoms with Gasteiger partial charge in [0.25, 0.3) is 0 Å². The lowest BCUT2D eigenvalue weighted by Crippen LogP contribution is -2.39. The summed E-state index contributed by atoms with van der Waals surface area (Å²) in [5.74, 6) is -2.10. The summed E-state index contributed by atoms with van der Waals surface area (Å²) in [6.07, 6.45) is -3.86. The van der Waals surface area contributed by atoms with Crippen molar-refractivity contribution in [2.75, 3.05) is 7.05 Å². The highest BCUT2D eigenvalue weighted by Crippen LogP contribution is 2.43. The number of carbonyl (C=O) groups is 2. The van der Waals surface area contributed by atoms with Gasteiger partial charge in [0.1, 0.15) is 17.2 Å². The maximum atomic E-state index is 13.6. The first-order chi connectivity index (χ1) is 17.5. The summed E-state index contributed by atoms with van der Waals surface area (Å²) in [6, 6.07) is 16.9. The standard InChI is InChI=1S/C27H26F3NO5S/c1-31(19-11-12-26(14-19,24(32)33)25(34)35)15-17-7-9-20(10-8-17)36-16-21-13-22(18-5-3-2-4-6-18)23(37-21)27(28,29)30/h2-10,13,19H,11-12,14-16H2,1H3,(H,32,33)(H,34,35). The van der Waals surface area contributed by atoms with E-state index in [0.717, 1.165) is 5.56 Å². The largest absolute Gasteiger partial charge is 0.488 e. The highest BCUT2D eigenvalue weighted by atomic mass is 32.1. The van der Waals surface area contributed by atoms with E-state index in [1.54, 1.807) is 42.5 Å². The van der Waals surface area contributed by atoms with Crippen molar-refractivity contribution in [1.29, 1.82) is 0 Å². The fourth-order valence-electron chi connectivity index (χ4n) is 4.69. The molecule has 0 saturated heterocycles. The lowest BCUT2D eigenvalue weighted by Gasteiger charge is -2.26. The molecule has 1 saturated carbocycles. The first-order valence-electron chi connectivity index (χ1n) is 11.6. The summed E-state index contributed by atoms with van der Waals surface area (Å²) in [5.41, 5.74) is -0.196. The fraction of sp³-hybridized carbons (Fsp3) is 0.333. The van der Waals surface area contributed by atoms with Crippen LogP contribution in [0.1, 0.15) is 34.6 Å². The summed E-state index contributed by atoms with van der Waals surface area (Å²) in [5, 5.41) is 18.9. The van der Waals surface area contributed by atoms with Gasteiger partial charge in [-0.1, -0.05) is 42.5 Å². The monoisotopic (exact) mass is 533 g/mol. The number of ether oxygens (including phenoxy) is 1. The van der Waals surface area contributed by atoms with Crippen LogP contribution in [-0.4, -0.2) is 40.1 Å². The van der Waals surface area contributed by atoms with Gasteiger partial charge in [-0.3, -0.25) is 14.5 Å². The molecule has 1 unspecified atom stereocenters. The van der Waals surface area contributed by atoms with E-state index in [4.69, 9.17) is 4.74 Å². The second kappa shape index (κ2) is 10.5. The number of nitrogens with zero attached hydrogens (tertiary/aromatic N) is 1. The molecule has 4 rings (SSSR count). The second-order valence-corrected chi connectivity index (χ2v) is 10.4. The van der Waals surface area contributed by atoms with Crippen molar-refractivity contribution >= 4 is 23.3 Å². The Morgan fingerprint density at radius 2 is 1.73 bits per heavy atom. The number of benzene rings is 2. The summed E-state index contributed by atoms with van der Waals surface area (Å²) in [7, 11) is 1.83. The van der Waals surface area contributed by atoms with Gasteiger partial charge in [-0.25, -0.2) is 0 Å². The van der Waals surface area contributed by atoms with Gasteiger partial charge in [0.2, 0.25) is 0 Å². The average Bonchev–Trinajstić information content (AvgIpc) is 3.50. The van der Waals surface area contributed by atoms with Crippen LogP contribution in [0.3, 0.4) is 0 Å². The van der Waals surface area contributed by atoms with E-state index < -0.39 is 28.4 Å². The van der Waals surface area contributed by atoms with Crippen LogP contribution in [0.15, 0.2) is 60.7 Å². The summed E-state index contributed by atoms with van der Waals surface area (Å²) < 4.78 is 46.5. The molecular weight excluding hydrogens is 507 g/mol. The van der Waals surface area contributed by atoms with Gasteiger partial charge in [0.15, 0.2) is 5.41 Å². The van der Waals surface area contributed by atoms with Gasteiger partial charge in [0.05, 0.1) is 0 Å². The molecule has 3 aromatic rings. The number of hydrogen-bond donors (Lipinski definition) is 2. The molecule has 2 aromatic carbocycles. The third-order valence-electron chi connectivity index (χ3n) is 6.79. The predicted octanol–water partition coefficient (Wildman–Crippen LogP) is 6.15. The predicted molar refractivity (Wildman–Crippen MR) is 132 cm³/mol. The van der Waals surface area contributed by atoms with Gasteiger partial charge < -0.3 is 14.9 Å². The number of hydrogen-bond acceptors (Lipinski definition) is 5. The molecule has 6 nitrogen and oxygen atoms in total. The Kier molecular flexibility index (Phi) is 7.61. The molecule has 1 fully saturated rings. The first-order valence-corrected chi connectivity index (χ1v) is 12.5. The molecule has 0 spiro atoms. The number of halogens is 3. The van der Waals surface area contributed by atoms with Crippen LogP contribution < -0.4 is 4.74 Å². The Labute approximate surface area is 215 Å². The van der Waals surface area contributed by atoms with Crippen molar-refractivity contribution in [3.63, 3.8) is 0 Å². The lowest BCUT2D eigenvalue weighted by molar-refractivity contribution is -0.164. The number of thiophene rings is 1. The molecule has 0 aliphatic heterocycles. The molecule has 10 heteroatoms. The Balaban J connectivity index is 1.38. The van der Waals surface area contributed by atoms with E-state index in [0.29, 0.717) is 40.5 Å². The van der Waals surface area contributed by atoms with Crippen LogP contribution >= 0.6 is 11.3 Å². The zero-order valence-electron chi connectivity index (χ0n) is 20.0. The molecule has 2 N–H and O–H groups in total. The van der Waals surface area contributed by atoms with Crippen LogP contribution in [0.2, 0.25) is 0 Å². The van der Waals surface area contributed by atoms with E-state index in [9.17, 15) is 33.0 Å². The maximum absolute atomic E-state index is 13.6. The molecule has 1 aliphatic carbocycles. The fourth-order valence-corrected chi connectivity index (χ4v) is 5.65. The van der Waals surface area contributed by atoms with Crippen molar-refractivity contribution in [3.05, 3.63) is 76.0 Å². The number of aliphatic carboxylic acids is 2. The zero-order chi connectivity index (χ0) is 26.8. The van der Waals surface area contributed by atoms with Gasteiger partial charge in [-0.05, 0) is 55.6 Å². The van der Waals surface area contributed by atoms with Crippen molar-refractivity contribution in [1.82, 2.24) is 4.90 Å². The Bertz CT molecular complexity index is 1240. The van der Waals surface area contributed by atoms with E-state index in [2.05, 4.69) is 0 Å². The molecular formula is C27H26F3NO5S. The molecule has 1 atom stereocenters. The normalized spacial score (nSPS) is 17.2. The lowest BCUT2D eigenvalue weighted by atomic mass is 9.86. The van der Waals surface area contributed by atoms with Crippen molar-refractivity contribution in [2.24, 2.45) is 5.41 Å². The quantitative estimate of drug-likeness (QED) is 0.321. The SMILES string of the molecule is CN(Cc1ccc(OCc2cc(-c3ccccc3)c(C(F)(F)F)s2)cc1)C1CCC(C(=O)O)(C(=O)O)C1. The van der Waals surface area contributed by atoms with E-state index in [1.165, 1.54) is 6.07 Å². The van der Waals surface area contributed by atoms with Gasteiger partial charge in [0, 0.05) is 23.0 Å². The Hall–Kier alpha value is -3.37. The molecule has 196 valence electrons. The van der Waals surface area contributed by atoms with Gasteiger partial charge in [-0.2, -0.15) is 13.2 Å². The molecule has 1 heterocycles. The molecule has 0 radical (unpaired) electrons. The molecule has 1 aromatic heterocycles. The highest BCUT2D eigenvalue weighted by Gasteiger charge is 2.52. The van der Waals surface area contributed by atoms with Crippen molar-refractivity contribution in [3.8, 4) is 16.9 Å². The second-order valence-electron chi connectivity index (χ2n) is 9.26. The number of carboxylic acid groups (broad SMARTS) is 2. The Morgan fingerprint density at radius 3 is 2.30 bits per heavy atom. The number of rotatable bonds is 9. The molecule has 0 amide bonds.